The molecule has 0 fully saturated rings. The molecule has 8 heteroatoms. The Labute approximate surface area is 128 Å². The van der Waals surface area contributed by atoms with Gasteiger partial charge in [0.2, 0.25) is 0 Å². The van der Waals surface area contributed by atoms with E-state index in [1.165, 1.54) is 30.3 Å². The number of benzene rings is 2. The van der Waals surface area contributed by atoms with Crippen LogP contribution in [0.1, 0.15) is 26.3 Å². The summed E-state index contributed by atoms with van der Waals surface area (Å²) >= 11 is 0. The molecule has 0 unspecified atom stereocenters. The number of carbonyl (C=O) groups excluding carboxylic acids is 2. The molecule has 0 atom stereocenters. The average molecular weight is 325 g/mol. The van der Waals surface area contributed by atoms with Gasteiger partial charge in [-0.2, -0.15) is 13.2 Å². The van der Waals surface area contributed by atoms with Gasteiger partial charge in [0.05, 0.1) is 16.1 Å². The van der Waals surface area contributed by atoms with Crippen LogP contribution >= 0.6 is 0 Å². The molecule has 5 nitrogen and oxygen atoms in total. The molecule has 0 spiro atoms. The predicted octanol–water partition coefficient (Wildman–Crippen LogP) is 3.93. The molecule has 2 aromatic carbocycles. The Morgan fingerprint density at radius 3 is 1.74 bits per heavy atom. The monoisotopic (exact) mass is 325 g/mol. The van der Waals surface area contributed by atoms with Crippen molar-refractivity contribution >= 4 is 18.3 Å². The molecule has 0 saturated heterocycles. The van der Waals surface area contributed by atoms with Gasteiger partial charge in [0.1, 0.15) is 0 Å². The molecular weight excluding hydrogens is 315 g/mol. The lowest BCUT2D eigenvalue weighted by Crippen LogP contribution is -2.08. The van der Waals surface area contributed by atoms with Gasteiger partial charge in [-0.15, -0.1) is 0 Å². The van der Waals surface area contributed by atoms with Crippen molar-refractivity contribution in [1.82, 2.24) is 0 Å². The van der Waals surface area contributed by atoms with Crippen LogP contribution in [0, 0.1) is 10.1 Å². The Kier molecular flexibility index (Phi) is 6.13. The highest BCUT2D eigenvalue weighted by Gasteiger charge is 2.32. The minimum Gasteiger partial charge on any atom is -0.298 e. The molecule has 0 aliphatic rings. The summed E-state index contributed by atoms with van der Waals surface area (Å²) in [5, 5.41) is 10.2. The van der Waals surface area contributed by atoms with Crippen LogP contribution in [-0.2, 0) is 6.18 Å². The summed E-state index contributed by atoms with van der Waals surface area (Å²) in [6, 6.07) is 10.4. The fourth-order valence-corrected chi connectivity index (χ4v) is 1.61. The molecular formula is C15H10F3NO4. The van der Waals surface area contributed by atoms with Crippen molar-refractivity contribution in [3.8, 4) is 0 Å². The lowest BCUT2D eigenvalue weighted by atomic mass is 10.1. The number of carbonyl (C=O) groups is 2. The van der Waals surface area contributed by atoms with Gasteiger partial charge in [0.25, 0.3) is 5.69 Å². The molecule has 0 bridgehead atoms. The van der Waals surface area contributed by atoms with E-state index in [0.29, 0.717) is 6.29 Å². The Bertz CT molecular complexity index is 714. The third-order valence-electron chi connectivity index (χ3n) is 2.65. The van der Waals surface area contributed by atoms with Gasteiger partial charge in [0, 0.05) is 11.6 Å². The van der Waals surface area contributed by atoms with Gasteiger partial charge in [-0.25, -0.2) is 0 Å². The maximum Gasteiger partial charge on any atom is 0.417 e. The van der Waals surface area contributed by atoms with Crippen molar-refractivity contribution in [1.29, 1.82) is 0 Å². The highest BCUT2D eigenvalue weighted by Crippen LogP contribution is 2.30. The summed E-state index contributed by atoms with van der Waals surface area (Å²) in [5.41, 5.74) is -1.26. The molecule has 120 valence electrons. The Morgan fingerprint density at radius 1 is 0.870 bits per heavy atom. The predicted molar refractivity (Wildman–Crippen MR) is 75.3 cm³/mol. The lowest BCUT2D eigenvalue weighted by molar-refractivity contribution is -0.385. The van der Waals surface area contributed by atoms with E-state index in [4.69, 9.17) is 0 Å². The highest BCUT2D eigenvalue weighted by atomic mass is 19.4. The van der Waals surface area contributed by atoms with Gasteiger partial charge in [-0.05, 0) is 12.1 Å². The number of nitro groups is 1. The van der Waals surface area contributed by atoms with Crippen molar-refractivity contribution in [3.05, 3.63) is 75.3 Å². The summed E-state index contributed by atoms with van der Waals surface area (Å²) in [6.07, 6.45) is -3.78. The molecule has 23 heavy (non-hydrogen) atoms. The molecule has 0 aliphatic carbocycles. The second-order valence-corrected chi connectivity index (χ2v) is 4.14. The van der Waals surface area contributed by atoms with E-state index in [0.717, 1.165) is 12.1 Å². The van der Waals surface area contributed by atoms with E-state index < -0.39 is 16.7 Å². The minimum absolute atomic E-state index is 0.109. The number of halogens is 3. The first kappa shape index (κ1) is 18.0. The van der Waals surface area contributed by atoms with Crippen LogP contribution in [0.15, 0.2) is 48.5 Å². The third kappa shape index (κ3) is 5.03. The fraction of sp³-hybridized carbons (Fsp3) is 0.0667. The van der Waals surface area contributed by atoms with E-state index >= 15 is 0 Å². The number of hydrogen-bond acceptors (Lipinski definition) is 4. The maximum absolute atomic E-state index is 12.1. The standard InChI is InChI=1S/C8H5F3O.C7H5NO3/c9-8(10,11)7-4-2-1-3-6(7)5-12;9-5-6-3-1-2-4-7(6)8(10)11/h1-5H;1-5H. The molecule has 0 radical (unpaired) electrons. The number of hydrogen-bond donors (Lipinski definition) is 0. The second kappa shape index (κ2) is 7.83. The van der Waals surface area contributed by atoms with E-state index in [2.05, 4.69) is 0 Å². The fourth-order valence-electron chi connectivity index (χ4n) is 1.61. The van der Waals surface area contributed by atoms with Crippen LogP contribution < -0.4 is 0 Å². The first-order valence-electron chi connectivity index (χ1n) is 6.11. The van der Waals surface area contributed by atoms with Crippen molar-refractivity contribution in [2.75, 3.05) is 0 Å². The summed E-state index contributed by atoms with van der Waals surface area (Å²) in [6.45, 7) is 0. The van der Waals surface area contributed by atoms with Crippen LogP contribution in [0.5, 0.6) is 0 Å². The third-order valence-corrected chi connectivity index (χ3v) is 2.65. The van der Waals surface area contributed by atoms with E-state index in [9.17, 15) is 32.9 Å². The van der Waals surface area contributed by atoms with Crippen LogP contribution in [0.3, 0.4) is 0 Å². The quantitative estimate of drug-likeness (QED) is 0.487. The van der Waals surface area contributed by atoms with Gasteiger partial charge < -0.3 is 0 Å². The zero-order chi connectivity index (χ0) is 17.5. The van der Waals surface area contributed by atoms with Crippen molar-refractivity contribution in [2.45, 2.75) is 6.18 Å². The summed E-state index contributed by atoms with van der Waals surface area (Å²) < 4.78 is 36.2. The van der Waals surface area contributed by atoms with E-state index in [1.807, 2.05) is 0 Å². The molecule has 2 aromatic rings. The molecule has 2 rings (SSSR count). The van der Waals surface area contributed by atoms with Gasteiger partial charge in [-0.3, -0.25) is 19.7 Å². The highest BCUT2D eigenvalue weighted by molar-refractivity contribution is 5.81. The molecule has 0 saturated carbocycles. The van der Waals surface area contributed by atoms with Crippen LogP contribution in [0.2, 0.25) is 0 Å². The molecule has 0 aliphatic heterocycles. The van der Waals surface area contributed by atoms with Gasteiger partial charge in [-0.1, -0.05) is 30.3 Å². The topological polar surface area (TPSA) is 77.3 Å². The Morgan fingerprint density at radius 2 is 1.35 bits per heavy atom. The summed E-state index contributed by atoms with van der Waals surface area (Å²) in [5.74, 6) is 0. The van der Waals surface area contributed by atoms with Crippen LogP contribution in [-0.4, -0.2) is 17.5 Å². The van der Waals surface area contributed by atoms with Gasteiger partial charge in [0.15, 0.2) is 12.6 Å². The molecule has 0 N–H and O–H groups in total. The SMILES string of the molecule is O=Cc1ccccc1C(F)(F)F.O=Cc1ccccc1[N+](=O)[O-]. The normalized spacial score (nSPS) is 10.2. The van der Waals surface area contributed by atoms with E-state index in [-0.39, 0.29) is 23.1 Å². The molecule has 0 heterocycles. The molecule has 0 amide bonds. The lowest BCUT2D eigenvalue weighted by Gasteiger charge is -2.07. The second-order valence-electron chi connectivity index (χ2n) is 4.14. The van der Waals surface area contributed by atoms with Crippen molar-refractivity contribution in [2.24, 2.45) is 0 Å². The van der Waals surface area contributed by atoms with Crippen molar-refractivity contribution < 1.29 is 27.7 Å². The first-order valence-corrected chi connectivity index (χ1v) is 6.11. The van der Waals surface area contributed by atoms with Crippen molar-refractivity contribution in [3.63, 3.8) is 0 Å². The number of nitrogens with zero attached hydrogens (tertiary/aromatic N) is 1. The molecule has 0 aromatic heterocycles. The average Bonchev–Trinajstić information content (AvgIpc) is 2.54. The number of alkyl halides is 3. The van der Waals surface area contributed by atoms with E-state index in [1.54, 1.807) is 6.07 Å². The first-order chi connectivity index (χ1) is 10.8. The number of aldehydes is 2. The smallest absolute Gasteiger partial charge is 0.298 e. The summed E-state index contributed by atoms with van der Waals surface area (Å²) in [7, 11) is 0. The number of nitro benzene ring substituents is 1. The zero-order valence-electron chi connectivity index (χ0n) is 11.5. The van der Waals surface area contributed by atoms with Gasteiger partial charge >= 0.3 is 6.18 Å². The number of para-hydroxylation sites is 1. The Hall–Kier alpha value is -3.03. The largest absolute Gasteiger partial charge is 0.417 e. The van der Waals surface area contributed by atoms with Crippen LogP contribution in [0.4, 0.5) is 18.9 Å². The Balaban J connectivity index is 0.000000231. The van der Waals surface area contributed by atoms with Crippen LogP contribution in [0.25, 0.3) is 0 Å². The summed E-state index contributed by atoms with van der Waals surface area (Å²) in [4.78, 5) is 30.0. The zero-order valence-corrected chi connectivity index (χ0v) is 11.5. The minimum atomic E-state index is -4.45. The number of rotatable bonds is 3. The maximum atomic E-state index is 12.1.